The summed E-state index contributed by atoms with van der Waals surface area (Å²) in [4.78, 5) is 3.95. The van der Waals surface area contributed by atoms with Gasteiger partial charge in [0.2, 0.25) is 0 Å². The molecule has 1 heterocycles. The molecule has 0 unspecified atom stereocenters. The molecule has 2 N–H and O–H groups in total. The minimum Gasteiger partial charge on any atom is -0.469 e. The van der Waals surface area contributed by atoms with Crippen LogP contribution in [0.3, 0.4) is 0 Å². The van der Waals surface area contributed by atoms with Gasteiger partial charge in [-0.1, -0.05) is 11.3 Å². The number of halogens is 1. The first-order chi connectivity index (χ1) is 4.83. The lowest BCUT2D eigenvalue weighted by Gasteiger charge is -1.95. The molecule has 0 amide bonds. The number of rotatable bonds is 3. The topological polar surface area (TPSA) is 48.1 Å². The Bertz CT molecular complexity index is 203. The van der Waals surface area contributed by atoms with Crippen LogP contribution in [0.2, 0.25) is 0 Å². The molecule has 0 fully saturated rings. The highest BCUT2D eigenvalue weighted by Crippen LogP contribution is 2.24. The Balaban J connectivity index is 2.42. The van der Waals surface area contributed by atoms with Crippen LogP contribution in [0.15, 0.2) is 9.98 Å². The number of hydrogen-bond acceptors (Lipinski definition) is 4. The van der Waals surface area contributed by atoms with Crippen molar-refractivity contribution >= 4 is 27.3 Å². The standard InChI is InChI=1S/C5H7BrN2OS/c6-4-3-8-5(10-4)9-2-1-7/h3H,1-2,7H2. The second-order valence-corrected chi connectivity index (χ2v) is 3.94. The summed E-state index contributed by atoms with van der Waals surface area (Å²) in [7, 11) is 0. The molecule has 0 aliphatic carbocycles. The van der Waals surface area contributed by atoms with Gasteiger partial charge in [0.15, 0.2) is 0 Å². The maximum atomic E-state index is 5.22. The second-order valence-electron chi connectivity index (χ2n) is 1.57. The molecule has 0 aromatic carbocycles. The summed E-state index contributed by atoms with van der Waals surface area (Å²) in [6.07, 6.45) is 1.70. The lowest BCUT2D eigenvalue weighted by molar-refractivity contribution is 0.326. The van der Waals surface area contributed by atoms with E-state index in [1.54, 1.807) is 6.20 Å². The Labute approximate surface area is 71.3 Å². The van der Waals surface area contributed by atoms with Crippen molar-refractivity contribution < 1.29 is 4.74 Å². The van der Waals surface area contributed by atoms with E-state index in [1.807, 2.05) is 0 Å². The molecule has 56 valence electrons. The molecule has 1 rings (SSSR count). The van der Waals surface area contributed by atoms with Gasteiger partial charge in [0.1, 0.15) is 6.61 Å². The van der Waals surface area contributed by atoms with Crippen LogP contribution in [-0.2, 0) is 0 Å². The van der Waals surface area contributed by atoms with Gasteiger partial charge in [0.25, 0.3) is 5.19 Å². The smallest absolute Gasteiger partial charge is 0.274 e. The van der Waals surface area contributed by atoms with Crippen LogP contribution in [0.25, 0.3) is 0 Å². The minimum atomic E-state index is 0.525. The molecule has 1 aromatic heterocycles. The zero-order chi connectivity index (χ0) is 7.40. The van der Waals surface area contributed by atoms with E-state index in [9.17, 15) is 0 Å². The van der Waals surface area contributed by atoms with Crippen LogP contribution in [0.4, 0.5) is 0 Å². The Morgan fingerprint density at radius 3 is 3.10 bits per heavy atom. The first kappa shape index (κ1) is 7.97. The molecule has 0 saturated heterocycles. The molecule has 0 saturated carbocycles. The second kappa shape index (κ2) is 3.90. The Morgan fingerprint density at radius 2 is 2.60 bits per heavy atom. The van der Waals surface area contributed by atoms with Crippen molar-refractivity contribution in [3.05, 3.63) is 9.98 Å². The third-order valence-electron chi connectivity index (χ3n) is 0.800. The van der Waals surface area contributed by atoms with Gasteiger partial charge in [-0.05, 0) is 15.9 Å². The van der Waals surface area contributed by atoms with E-state index in [0.717, 1.165) is 3.79 Å². The van der Waals surface area contributed by atoms with Crippen LogP contribution in [0.5, 0.6) is 5.19 Å². The Kier molecular flexibility index (Phi) is 3.11. The van der Waals surface area contributed by atoms with Crippen molar-refractivity contribution in [2.75, 3.05) is 13.2 Å². The first-order valence-corrected chi connectivity index (χ1v) is 4.38. The van der Waals surface area contributed by atoms with E-state index in [-0.39, 0.29) is 0 Å². The van der Waals surface area contributed by atoms with Crippen molar-refractivity contribution in [3.63, 3.8) is 0 Å². The molecule has 0 spiro atoms. The van der Waals surface area contributed by atoms with E-state index in [1.165, 1.54) is 11.3 Å². The zero-order valence-corrected chi connectivity index (χ0v) is 7.61. The molecule has 0 radical (unpaired) electrons. The largest absolute Gasteiger partial charge is 0.469 e. The van der Waals surface area contributed by atoms with E-state index in [2.05, 4.69) is 20.9 Å². The molecule has 1 aromatic rings. The van der Waals surface area contributed by atoms with E-state index < -0.39 is 0 Å². The van der Waals surface area contributed by atoms with Crippen LogP contribution in [0, 0.1) is 0 Å². The zero-order valence-electron chi connectivity index (χ0n) is 5.21. The molecular weight excluding hydrogens is 216 g/mol. The SMILES string of the molecule is NCCOc1ncc(Br)s1. The van der Waals surface area contributed by atoms with E-state index in [4.69, 9.17) is 10.5 Å². The summed E-state index contributed by atoms with van der Waals surface area (Å²) in [5.74, 6) is 0. The lowest BCUT2D eigenvalue weighted by atomic mass is 10.7. The van der Waals surface area contributed by atoms with E-state index >= 15 is 0 Å². The van der Waals surface area contributed by atoms with Crippen LogP contribution in [0.1, 0.15) is 0 Å². The normalized spacial score (nSPS) is 9.80. The van der Waals surface area contributed by atoms with Crippen molar-refractivity contribution in [2.45, 2.75) is 0 Å². The summed E-state index contributed by atoms with van der Waals surface area (Å²) in [6, 6.07) is 0. The van der Waals surface area contributed by atoms with Gasteiger partial charge in [-0.2, -0.15) is 0 Å². The third kappa shape index (κ3) is 2.24. The number of nitrogens with two attached hydrogens (primary N) is 1. The van der Waals surface area contributed by atoms with Gasteiger partial charge >= 0.3 is 0 Å². The highest BCUT2D eigenvalue weighted by atomic mass is 79.9. The van der Waals surface area contributed by atoms with Crippen molar-refractivity contribution in [1.29, 1.82) is 0 Å². The average Bonchev–Trinajstić information content (AvgIpc) is 2.31. The van der Waals surface area contributed by atoms with Crippen molar-refractivity contribution in [1.82, 2.24) is 4.98 Å². The fourth-order valence-electron chi connectivity index (χ4n) is 0.453. The fourth-order valence-corrected chi connectivity index (χ4v) is 1.49. The van der Waals surface area contributed by atoms with Crippen molar-refractivity contribution in [3.8, 4) is 5.19 Å². The third-order valence-corrected chi connectivity index (χ3v) is 2.19. The van der Waals surface area contributed by atoms with Gasteiger partial charge in [-0.15, -0.1) is 0 Å². The molecule has 0 aliphatic rings. The lowest BCUT2D eigenvalue weighted by Crippen LogP contribution is -2.10. The number of nitrogens with zero attached hydrogens (tertiary/aromatic N) is 1. The summed E-state index contributed by atoms with van der Waals surface area (Å²) >= 11 is 4.72. The summed E-state index contributed by atoms with van der Waals surface area (Å²) in [5.41, 5.74) is 5.22. The number of aromatic nitrogens is 1. The highest BCUT2D eigenvalue weighted by molar-refractivity contribution is 9.11. The van der Waals surface area contributed by atoms with E-state index in [0.29, 0.717) is 18.3 Å². The molecule has 0 bridgehead atoms. The molecule has 10 heavy (non-hydrogen) atoms. The van der Waals surface area contributed by atoms with Gasteiger partial charge < -0.3 is 10.5 Å². The first-order valence-electron chi connectivity index (χ1n) is 2.77. The number of hydrogen-bond donors (Lipinski definition) is 1. The summed E-state index contributed by atoms with van der Waals surface area (Å²) in [5, 5.41) is 0.664. The molecular formula is C5H7BrN2OS. The highest BCUT2D eigenvalue weighted by Gasteiger charge is 1.97. The maximum absolute atomic E-state index is 5.22. The van der Waals surface area contributed by atoms with Crippen LogP contribution < -0.4 is 10.5 Å². The van der Waals surface area contributed by atoms with Gasteiger partial charge in [0.05, 0.1) is 9.98 Å². The minimum absolute atomic E-state index is 0.525. The Hall–Kier alpha value is -0.130. The predicted octanol–water partition coefficient (Wildman–Crippen LogP) is 1.24. The monoisotopic (exact) mass is 222 g/mol. The Morgan fingerprint density at radius 1 is 1.80 bits per heavy atom. The van der Waals surface area contributed by atoms with Gasteiger partial charge in [0, 0.05) is 6.54 Å². The molecule has 0 aliphatic heterocycles. The molecule has 3 nitrogen and oxygen atoms in total. The quantitative estimate of drug-likeness (QED) is 0.838. The maximum Gasteiger partial charge on any atom is 0.274 e. The number of ether oxygens (including phenoxy) is 1. The van der Waals surface area contributed by atoms with Crippen molar-refractivity contribution in [2.24, 2.45) is 5.73 Å². The summed E-state index contributed by atoms with van der Waals surface area (Å²) in [6.45, 7) is 1.05. The predicted molar refractivity (Wildman–Crippen MR) is 44.4 cm³/mol. The number of thiazole rings is 1. The average molecular weight is 223 g/mol. The van der Waals surface area contributed by atoms with Gasteiger partial charge in [-0.25, -0.2) is 4.98 Å². The molecule has 5 heteroatoms. The van der Waals surface area contributed by atoms with Gasteiger partial charge in [-0.3, -0.25) is 0 Å². The summed E-state index contributed by atoms with van der Waals surface area (Å²) < 4.78 is 6.10. The fraction of sp³-hybridized carbons (Fsp3) is 0.400. The molecule has 0 atom stereocenters. The van der Waals surface area contributed by atoms with Crippen LogP contribution >= 0.6 is 27.3 Å². The van der Waals surface area contributed by atoms with Crippen LogP contribution in [-0.4, -0.2) is 18.1 Å².